The number of benzene rings is 2. The summed E-state index contributed by atoms with van der Waals surface area (Å²) in [5, 5.41) is 2.91. The van der Waals surface area contributed by atoms with Crippen molar-refractivity contribution in [2.75, 3.05) is 45.2 Å². The van der Waals surface area contributed by atoms with E-state index in [1.165, 1.54) is 21.3 Å². The van der Waals surface area contributed by atoms with Gasteiger partial charge in [0, 0.05) is 17.8 Å². The predicted molar refractivity (Wildman–Crippen MR) is 124 cm³/mol. The SMILES string of the molecule is COc1ccccc1N1C[C@]23C=C[C@@H](O2)[C@@H](C(=O)Nc2cc(OC)c(OC)c(OC)c2)[C@@H]3C1=O. The zero-order chi connectivity index (χ0) is 24.0. The number of nitrogens with zero attached hydrogens (tertiary/aromatic N) is 1. The second-order valence-corrected chi connectivity index (χ2v) is 8.40. The Bertz CT molecular complexity index is 1150. The Labute approximate surface area is 197 Å². The molecule has 34 heavy (non-hydrogen) atoms. The Morgan fingerprint density at radius 2 is 1.71 bits per heavy atom. The second kappa shape index (κ2) is 8.25. The summed E-state index contributed by atoms with van der Waals surface area (Å²) in [6, 6.07) is 10.6. The number of hydrogen-bond acceptors (Lipinski definition) is 7. The van der Waals surface area contributed by atoms with Gasteiger partial charge >= 0.3 is 0 Å². The van der Waals surface area contributed by atoms with Gasteiger partial charge in [0.1, 0.15) is 11.4 Å². The van der Waals surface area contributed by atoms with Crippen molar-refractivity contribution in [3.05, 3.63) is 48.6 Å². The van der Waals surface area contributed by atoms with E-state index >= 15 is 0 Å². The van der Waals surface area contributed by atoms with Crippen LogP contribution in [0, 0.1) is 11.8 Å². The van der Waals surface area contributed by atoms with Crippen LogP contribution in [0.3, 0.4) is 0 Å². The molecule has 9 nitrogen and oxygen atoms in total. The maximum absolute atomic E-state index is 13.6. The minimum atomic E-state index is -0.847. The number of rotatable bonds is 7. The van der Waals surface area contributed by atoms with Gasteiger partial charge in [-0.15, -0.1) is 0 Å². The second-order valence-electron chi connectivity index (χ2n) is 8.40. The number of methoxy groups -OCH3 is 4. The Morgan fingerprint density at radius 1 is 1.03 bits per heavy atom. The molecule has 2 aromatic rings. The standard InChI is InChI=1S/C25H26N2O7/c1-30-16-8-6-5-7-15(16)27-13-25-10-9-17(34-25)20(21(25)24(27)29)23(28)26-14-11-18(31-2)22(33-4)19(12-14)32-3/h5-12,17,20-21H,13H2,1-4H3,(H,26,28)/t17-,20-,21-,25+/m1/s1. The Morgan fingerprint density at radius 3 is 2.35 bits per heavy atom. The van der Waals surface area contributed by atoms with Crippen LogP contribution in [-0.2, 0) is 14.3 Å². The number of carbonyl (C=O) groups is 2. The van der Waals surface area contributed by atoms with Gasteiger partial charge in [-0.05, 0) is 12.1 Å². The largest absolute Gasteiger partial charge is 0.495 e. The van der Waals surface area contributed by atoms with Crippen molar-refractivity contribution >= 4 is 23.2 Å². The highest BCUT2D eigenvalue weighted by Crippen LogP contribution is 2.53. The molecule has 0 aliphatic carbocycles. The zero-order valence-electron chi connectivity index (χ0n) is 19.4. The van der Waals surface area contributed by atoms with Crippen LogP contribution >= 0.6 is 0 Å². The normalized spacial score (nSPS) is 26.4. The molecule has 2 amide bonds. The summed E-state index contributed by atoms with van der Waals surface area (Å²) in [7, 11) is 6.08. The van der Waals surface area contributed by atoms with Gasteiger partial charge in [0.05, 0.1) is 58.6 Å². The maximum Gasteiger partial charge on any atom is 0.234 e. The number of hydrogen-bond donors (Lipinski definition) is 1. The van der Waals surface area contributed by atoms with E-state index in [-0.39, 0.29) is 11.8 Å². The molecule has 2 aromatic carbocycles. The highest BCUT2D eigenvalue weighted by atomic mass is 16.5. The number of carbonyl (C=O) groups excluding carboxylic acids is 2. The van der Waals surface area contributed by atoms with Crippen LogP contribution in [-0.4, -0.2) is 58.5 Å². The van der Waals surface area contributed by atoms with Gasteiger partial charge in [-0.3, -0.25) is 9.59 Å². The van der Waals surface area contributed by atoms with Gasteiger partial charge in [-0.2, -0.15) is 0 Å². The molecule has 2 bridgehead atoms. The van der Waals surface area contributed by atoms with Gasteiger partial charge in [0.15, 0.2) is 11.5 Å². The molecule has 0 radical (unpaired) electrons. The summed E-state index contributed by atoms with van der Waals surface area (Å²) in [6.45, 7) is 0.317. The predicted octanol–water partition coefficient (Wildman–Crippen LogP) is 2.65. The first kappa shape index (κ1) is 22.1. The van der Waals surface area contributed by atoms with Crippen molar-refractivity contribution in [2.24, 2.45) is 11.8 Å². The van der Waals surface area contributed by atoms with Crippen LogP contribution < -0.4 is 29.2 Å². The van der Waals surface area contributed by atoms with E-state index in [2.05, 4.69) is 5.32 Å². The molecule has 3 aliphatic heterocycles. The maximum atomic E-state index is 13.6. The third-order valence-corrected chi connectivity index (χ3v) is 6.71. The van der Waals surface area contributed by atoms with Gasteiger partial charge in [-0.1, -0.05) is 24.3 Å². The third kappa shape index (κ3) is 3.19. The fourth-order valence-electron chi connectivity index (χ4n) is 5.23. The third-order valence-electron chi connectivity index (χ3n) is 6.71. The van der Waals surface area contributed by atoms with Gasteiger partial charge in [0.25, 0.3) is 0 Å². The molecule has 4 atom stereocenters. The number of para-hydroxylation sites is 2. The smallest absolute Gasteiger partial charge is 0.234 e. The molecule has 178 valence electrons. The highest BCUT2D eigenvalue weighted by Gasteiger charge is 2.67. The molecular formula is C25H26N2O7. The summed E-state index contributed by atoms with van der Waals surface area (Å²) in [5.74, 6) is 0.0302. The molecular weight excluding hydrogens is 440 g/mol. The number of ether oxygens (including phenoxy) is 5. The fourth-order valence-corrected chi connectivity index (χ4v) is 5.23. The molecule has 0 aromatic heterocycles. The topological polar surface area (TPSA) is 95.6 Å². The molecule has 0 unspecified atom stereocenters. The molecule has 5 rings (SSSR count). The van der Waals surface area contributed by atoms with E-state index in [1.807, 2.05) is 30.4 Å². The lowest BCUT2D eigenvalue weighted by Crippen LogP contribution is -2.41. The lowest BCUT2D eigenvalue weighted by molar-refractivity contribution is -0.128. The summed E-state index contributed by atoms with van der Waals surface area (Å²) in [6.07, 6.45) is 3.31. The summed E-state index contributed by atoms with van der Waals surface area (Å²) < 4.78 is 27.8. The molecule has 9 heteroatoms. The first-order chi connectivity index (χ1) is 16.5. The van der Waals surface area contributed by atoms with Crippen LogP contribution in [0.2, 0.25) is 0 Å². The molecule has 1 spiro atoms. The van der Waals surface area contributed by atoms with E-state index in [4.69, 9.17) is 23.7 Å². The van der Waals surface area contributed by atoms with E-state index in [9.17, 15) is 9.59 Å². The van der Waals surface area contributed by atoms with Crippen molar-refractivity contribution in [1.82, 2.24) is 0 Å². The Balaban J connectivity index is 1.44. The van der Waals surface area contributed by atoms with Crippen LogP contribution in [0.5, 0.6) is 23.0 Å². The quantitative estimate of drug-likeness (QED) is 0.627. The van der Waals surface area contributed by atoms with E-state index in [1.54, 1.807) is 30.2 Å². The van der Waals surface area contributed by atoms with Crippen molar-refractivity contribution in [2.45, 2.75) is 11.7 Å². The van der Waals surface area contributed by atoms with Gasteiger partial charge < -0.3 is 33.9 Å². The van der Waals surface area contributed by atoms with Crippen molar-refractivity contribution in [3.63, 3.8) is 0 Å². The highest BCUT2D eigenvalue weighted by molar-refractivity contribution is 6.06. The lowest BCUT2D eigenvalue weighted by Gasteiger charge is -2.24. The summed E-state index contributed by atoms with van der Waals surface area (Å²) >= 11 is 0. The Kier molecular flexibility index (Phi) is 5.36. The molecule has 0 saturated carbocycles. The van der Waals surface area contributed by atoms with Gasteiger partial charge in [0.2, 0.25) is 17.6 Å². The number of nitrogens with one attached hydrogen (secondary N) is 1. The lowest BCUT2D eigenvalue weighted by atomic mass is 9.76. The molecule has 3 heterocycles. The number of anilines is 2. The number of fused-ring (bicyclic) bond motifs is 1. The van der Waals surface area contributed by atoms with Crippen molar-refractivity contribution in [3.8, 4) is 23.0 Å². The van der Waals surface area contributed by atoms with E-state index in [0.717, 1.165) is 0 Å². The summed E-state index contributed by atoms with van der Waals surface area (Å²) in [4.78, 5) is 28.7. The van der Waals surface area contributed by atoms with Crippen molar-refractivity contribution < 1.29 is 33.3 Å². The molecule has 1 N–H and O–H groups in total. The minimum Gasteiger partial charge on any atom is -0.495 e. The van der Waals surface area contributed by atoms with Gasteiger partial charge in [-0.25, -0.2) is 0 Å². The van der Waals surface area contributed by atoms with E-state index < -0.39 is 23.5 Å². The fraction of sp³-hybridized carbons (Fsp3) is 0.360. The van der Waals surface area contributed by atoms with Crippen LogP contribution in [0.4, 0.5) is 11.4 Å². The van der Waals surface area contributed by atoms with Crippen LogP contribution in [0.25, 0.3) is 0 Å². The Hall–Kier alpha value is -3.72. The average molecular weight is 466 g/mol. The zero-order valence-corrected chi connectivity index (χ0v) is 19.4. The first-order valence-electron chi connectivity index (χ1n) is 10.9. The molecule has 3 aliphatic rings. The van der Waals surface area contributed by atoms with E-state index in [0.29, 0.717) is 40.9 Å². The molecule has 2 saturated heterocycles. The molecule has 2 fully saturated rings. The average Bonchev–Trinajstić information content (AvgIpc) is 3.51. The minimum absolute atomic E-state index is 0.165. The van der Waals surface area contributed by atoms with Crippen LogP contribution in [0.1, 0.15) is 0 Å². The van der Waals surface area contributed by atoms with Crippen LogP contribution in [0.15, 0.2) is 48.6 Å². The monoisotopic (exact) mass is 466 g/mol. The summed E-state index contributed by atoms with van der Waals surface area (Å²) in [5.41, 5.74) is 0.273. The number of amides is 2. The van der Waals surface area contributed by atoms with Crippen molar-refractivity contribution in [1.29, 1.82) is 0 Å². The first-order valence-corrected chi connectivity index (χ1v) is 10.9.